The van der Waals surface area contributed by atoms with Crippen LogP contribution >= 0.6 is 0 Å². The minimum absolute atomic E-state index is 0.203. The monoisotopic (exact) mass is 212 g/mol. The van der Waals surface area contributed by atoms with Gasteiger partial charge in [-0.3, -0.25) is 4.79 Å². The fourth-order valence-electron chi connectivity index (χ4n) is 1.19. The lowest BCUT2D eigenvalue weighted by Gasteiger charge is -2.02. The minimum atomic E-state index is -0.203. The molecule has 0 bridgehead atoms. The van der Waals surface area contributed by atoms with Gasteiger partial charge >= 0.3 is 0 Å². The van der Waals surface area contributed by atoms with Crippen molar-refractivity contribution < 1.29 is 9.90 Å². The molecule has 84 valence electrons. The molecule has 1 aromatic rings. The van der Waals surface area contributed by atoms with Gasteiger partial charge in [0.15, 0.2) is 5.69 Å². The van der Waals surface area contributed by atoms with Gasteiger partial charge in [-0.25, -0.2) is 0 Å². The number of aliphatic hydroxyl groups is 1. The van der Waals surface area contributed by atoms with E-state index in [0.29, 0.717) is 12.2 Å². The van der Waals surface area contributed by atoms with Gasteiger partial charge in [-0.05, 0) is 12.8 Å². The highest BCUT2D eigenvalue weighted by Crippen LogP contribution is 1.98. The molecule has 0 aromatic carbocycles. The molecule has 0 saturated carbocycles. The molecule has 0 unspecified atom stereocenters. The molecule has 0 fully saturated rings. The van der Waals surface area contributed by atoms with Gasteiger partial charge < -0.3 is 10.4 Å². The Bertz CT molecular complexity index is 274. The molecule has 0 aliphatic rings. The molecular formula is C9H16N4O2. The Labute approximate surface area is 88.1 Å². The first-order chi connectivity index (χ1) is 7.34. The Morgan fingerprint density at radius 3 is 2.87 bits per heavy atom. The van der Waals surface area contributed by atoms with Crippen molar-refractivity contribution >= 4 is 5.91 Å². The predicted octanol–water partition coefficient (Wildman–Crippen LogP) is 0.0872. The largest absolute Gasteiger partial charge is 0.396 e. The summed E-state index contributed by atoms with van der Waals surface area (Å²) >= 11 is 0. The van der Waals surface area contributed by atoms with Gasteiger partial charge in [0, 0.05) is 13.2 Å². The van der Waals surface area contributed by atoms with Crippen LogP contribution in [0.2, 0.25) is 0 Å². The van der Waals surface area contributed by atoms with Crippen LogP contribution < -0.4 is 5.32 Å². The first-order valence-electron chi connectivity index (χ1n) is 5.09. The summed E-state index contributed by atoms with van der Waals surface area (Å²) in [7, 11) is 0. The molecule has 0 aliphatic heterocycles. The molecule has 15 heavy (non-hydrogen) atoms. The van der Waals surface area contributed by atoms with E-state index < -0.39 is 0 Å². The molecule has 0 aliphatic carbocycles. The average Bonchev–Trinajstić information content (AvgIpc) is 2.76. The maximum absolute atomic E-state index is 11.3. The average molecular weight is 212 g/mol. The van der Waals surface area contributed by atoms with Gasteiger partial charge in [0.1, 0.15) is 0 Å². The van der Waals surface area contributed by atoms with Crippen molar-refractivity contribution in [3.8, 4) is 0 Å². The summed E-state index contributed by atoms with van der Waals surface area (Å²) in [4.78, 5) is 11.3. The van der Waals surface area contributed by atoms with Crippen LogP contribution in [-0.4, -0.2) is 39.6 Å². The molecule has 1 rings (SSSR count). The smallest absolute Gasteiger partial charge is 0.273 e. The van der Waals surface area contributed by atoms with Gasteiger partial charge in [0.25, 0.3) is 5.91 Å². The van der Waals surface area contributed by atoms with E-state index in [2.05, 4.69) is 20.7 Å². The SMILES string of the molecule is O=C(NCCCCCCO)c1cn[nH]n1. The van der Waals surface area contributed by atoms with Crippen LogP contribution in [0, 0.1) is 0 Å². The summed E-state index contributed by atoms with van der Waals surface area (Å²) in [6, 6.07) is 0. The van der Waals surface area contributed by atoms with Gasteiger partial charge in [0.2, 0.25) is 0 Å². The van der Waals surface area contributed by atoms with Crippen LogP contribution in [0.3, 0.4) is 0 Å². The number of unbranched alkanes of at least 4 members (excludes halogenated alkanes) is 3. The van der Waals surface area contributed by atoms with Gasteiger partial charge in [-0.15, -0.1) is 0 Å². The van der Waals surface area contributed by atoms with E-state index in [0.717, 1.165) is 25.7 Å². The van der Waals surface area contributed by atoms with Crippen LogP contribution in [0.15, 0.2) is 6.20 Å². The second-order valence-electron chi connectivity index (χ2n) is 3.25. The number of hydrogen-bond donors (Lipinski definition) is 3. The lowest BCUT2D eigenvalue weighted by Crippen LogP contribution is -2.24. The van der Waals surface area contributed by atoms with E-state index in [9.17, 15) is 4.79 Å². The normalized spacial score (nSPS) is 10.2. The number of carbonyl (C=O) groups excluding carboxylic acids is 1. The van der Waals surface area contributed by atoms with Crippen LogP contribution in [0.25, 0.3) is 0 Å². The van der Waals surface area contributed by atoms with Gasteiger partial charge in [-0.2, -0.15) is 15.4 Å². The van der Waals surface area contributed by atoms with Crippen molar-refractivity contribution in [1.82, 2.24) is 20.7 Å². The molecule has 3 N–H and O–H groups in total. The number of aromatic nitrogens is 3. The van der Waals surface area contributed by atoms with Crippen molar-refractivity contribution in [3.63, 3.8) is 0 Å². The van der Waals surface area contributed by atoms with Crippen molar-refractivity contribution in [2.75, 3.05) is 13.2 Å². The third-order valence-corrected chi connectivity index (χ3v) is 2.02. The van der Waals surface area contributed by atoms with Crippen molar-refractivity contribution in [2.24, 2.45) is 0 Å². The van der Waals surface area contributed by atoms with Crippen molar-refractivity contribution in [3.05, 3.63) is 11.9 Å². The van der Waals surface area contributed by atoms with Gasteiger partial charge in [0.05, 0.1) is 6.20 Å². The highest BCUT2D eigenvalue weighted by Gasteiger charge is 2.06. The number of carbonyl (C=O) groups is 1. The highest BCUT2D eigenvalue weighted by molar-refractivity contribution is 5.91. The third-order valence-electron chi connectivity index (χ3n) is 2.02. The second kappa shape index (κ2) is 6.94. The zero-order valence-corrected chi connectivity index (χ0v) is 8.57. The zero-order valence-electron chi connectivity index (χ0n) is 8.57. The first-order valence-corrected chi connectivity index (χ1v) is 5.09. The summed E-state index contributed by atoms with van der Waals surface area (Å²) in [5, 5.41) is 20.9. The lowest BCUT2D eigenvalue weighted by atomic mass is 10.2. The fourth-order valence-corrected chi connectivity index (χ4v) is 1.19. The molecule has 1 aromatic heterocycles. The first kappa shape index (κ1) is 11.6. The van der Waals surface area contributed by atoms with Crippen LogP contribution in [-0.2, 0) is 0 Å². The maximum atomic E-state index is 11.3. The lowest BCUT2D eigenvalue weighted by molar-refractivity contribution is 0.0948. The second-order valence-corrected chi connectivity index (χ2v) is 3.25. The summed E-state index contributed by atoms with van der Waals surface area (Å²) in [6.07, 6.45) is 5.15. The molecule has 1 heterocycles. The van der Waals surface area contributed by atoms with Crippen molar-refractivity contribution in [1.29, 1.82) is 0 Å². The number of amides is 1. The standard InChI is InChI=1S/C9H16N4O2/c14-6-4-2-1-3-5-10-9(15)8-7-11-13-12-8/h7,14H,1-6H2,(H,10,15)(H,11,12,13). The molecule has 6 nitrogen and oxygen atoms in total. The quantitative estimate of drug-likeness (QED) is 0.558. The number of rotatable bonds is 7. The predicted molar refractivity (Wildman–Crippen MR) is 54.3 cm³/mol. The molecule has 6 heteroatoms. The fraction of sp³-hybridized carbons (Fsp3) is 0.667. The van der Waals surface area contributed by atoms with Crippen molar-refractivity contribution in [2.45, 2.75) is 25.7 Å². The van der Waals surface area contributed by atoms with E-state index in [-0.39, 0.29) is 12.5 Å². The zero-order chi connectivity index (χ0) is 10.9. The summed E-state index contributed by atoms with van der Waals surface area (Å²) in [5.74, 6) is -0.203. The highest BCUT2D eigenvalue weighted by atomic mass is 16.2. The number of H-pyrrole nitrogens is 1. The molecule has 0 saturated heterocycles. The summed E-state index contributed by atoms with van der Waals surface area (Å²) < 4.78 is 0. The Balaban J connectivity index is 2.03. The van der Waals surface area contributed by atoms with Crippen LogP contribution in [0.1, 0.15) is 36.2 Å². The minimum Gasteiger partial charge on any atom is -0.396 e. The summed E-state index contributed by atoms with van der Waals surface area (Å²) in [5.41, 5.74) is 0.311. The van der Waals surface area contributed by atoms with Gasteiger partial charge in [-0.1, -0.05) is 12.8 Å². The van der Waals surface area contributed by atoms with E-state index in [4.69, 9.17) is 5.11 Å². The molecule has 0 spiro atoms. The molecule has 0 radical (unpaired) electrons. The number of nitrogens with zero attached hydrogens (tertiary/aromatic N) is 2. The molecular weight excluding hydrogens is 196 g/mol. The van der Waals surface area contributed by atoms with E-state index >= 15 is 0 Å². The number of aromatic amines is 1. The third kappa shape index (κ3) is 4.55. The topological polar surface area (TPSA) is 90.9 Å². The van der Waals surface area contributed by atoms with Crippen LogP contribution in [0.4, 0.5) is 0 Å². The molecule has 0 atom stereocenters. The van der Waals surface area contributed by atoms with Crippen LogP contribution in [0.5, 0.6) is 0 Å². The number of hydrogen-bond acceptors (Lipinski definition) is 4. The Morgan fingerprint density at radius 2 is 2.20 bits per heavy atom. The Hall–Kier alpha value is -1.43. The number of nitrogens with one attached hydrogen (secondary N) is 2. The van der Waals surface area contributed by atoms with E-state index in [1.165, 1.54) is 6.20 Å². The van der Waals surface area contributed by atoms with E-state index in [1.807, 2.05) is 0 Å². The Morgan fingerprint density at radius 1 is 1.40 bits per heavy atom. The van der Waals surface area contributed by atoms with E-state index in [1.54, 1.807) is 0 Å². The maximum Gasteiger partial charge on any atom is 0.273 e. The molecule has 1 amide bonds. The number of aliphatic hydroxyl groups excluding tert-OH is 1. The Kier molecular flexibility index (Phi) is 5.39. The summed E-state index contributed by atoms with van der Waals surface area (Å²) in [6.45, 7) is 0.877.